The van der Waals surface area contributed by atoms with Gasteiger partial charge >= 0.3 is 0 Å². The van der Waals surface area contributed by atoms with Crippen LogP contribution in [-0.4, -0.2) is 24.3 Å². The Morgan fingerprint density at radius 1 is 1.03 bits per heavy atom. The van der Waals surface area contributed by atoms with Crippen LogP contribution in [0.1, 0.15) is 21.0 Å². The molecule has 8 nitrogen and oxygen atoms in total. The molecule has 3 N–H and O–H groups in total. The van der Waals surface area contributed by atoms with Crippen molar-refractivity contribution < 1.29 is 17.7 Å². The molecule has 0 amide bonds. The number of benzene rings is 2. The number of nitrogen functional groups attached to an aromatic ring is 1. The lowest BCUT2D eigenvalue weighted by Crippen LogP contribution is -2.13. The van der Waals surface area contributed by atoms with Gasteiger partial charge in [-0.05, 0) is 43.3 Å². The molecule has 0 aliphatic rings. The zero-order chi connectivity index (χ0) is 23.9. The quantitative estimate of drug-likeness (QED) is 0.325. The van der Waals surface area contributed by atoms with Crippen LogP contribution in [0.4, 0.5) is 11.5 Å². The van der Waals surface area contributed by atoms with Crippen LogP contribution in [0.5, 0.6) is 0 Å². The maximum atomic E-state index is 13.2. The molecule has 3 heterocycles. The van der Waals surface area contributed by atoms with Gasteiger partial charge in [-0.15, -0.1) is 11.3 Å². The maximum Gasteiger partial charge on any atom is 0.263 e. The molecule has 0 atom stereocenters. The number of aromatic nitrogens is 2. The molecule has 5 rings (SSSR count). The van der Waals surface area contributed by atoms with Gasteiger partial charge < -0.3 is 10.3 Å². The summed E-state index contributed by atoms with van der Waals surface area (Å²) in [6.07, 6.45) is 0. The summed E-state index contributed by atoms with van der Waals surface area (Å²) in [5, 5.41) is 4.34. The van der Waals surface area contributed by atoms with Crippen molar-refractivity contribution in [2.24, 2.45) is 0 Å². The fourth-order valence-corrected chi connectivity index (χ4v) is 5.50. The number of hydrogen-bond donors (Lipinski definition) is 2. The second kappa shape index (κ2) is 8.40. The number of thiophene rings is 1. The number of nitrogens with two attached hydrogens (primary N) is 1. The van der Waals surface area contributed by atoms with E-state index in [1.54, 1.807) is 6.92 Å². The van der Waals surface area contributed by atoms with Gasteiger partial charge in [0.25, 0.3) is 10.0 Å². The number of sulfonamides is 1. The third kappa shape index (κ3) is 4.04. The van der Waals surface area contributed by atoms with Gasteiger partial charge in [0.1, 0.15) is 15.5 Å². The molecule has 170 valence electrons. The molecule has 10 heteroatoms. The number of carbonyl (C=O) groups is 1. The van der Waals surface area contributed by atoms with Crippen LogP contribution >= 0.6 is 11.3 Å². The van der Waals surface area contributed by atoms with E-state index < -0.39 is 10.0 Å². The fraction of sp³-hybridized carbons (Fsp3) is 0.0417. The summed E-state index contributed by atoms with van der Waals surface area (Å²) < 4.78 is 32.4. The van der Waals surface area contributed by atoms with E-state index in [-0.39, 0.29) is 16.5 Å². The van der Waals surface area contributed by atoms with Gasteiger partial charge in [0.2, 0.25) is 5.78 Å². The van der Waals surface area contributed by atoms with Crippen LogP contribution in [0.25, 0.3) is 21.5 Å². The van der Waals surface area contributed by atoms with Crippen molar-refractivity contribution in [3.63, 3.8) is 0 Å². The van der Waals surface area contributed by atoms with Crippen molar-refractivity contribution in [1.29, 1.82) is 0 Å². The second-order valence-electron chi connectivity index (χ2n) is 7.54. The van der Waals surface area contributed by atoms with Gasteiger partial charge in [-0.3, -0.25) is 9.52 Å². The molecular weight excluding hydrogens is 472 g/mol. The molecule has 0 fully saturated rings. The Labute approximate surface area is 199 Å². The van der Waals surface area contributed by atoms with Gasteiger partial charge in [-0.2, -0.15) is 0 Å². The minimum Gasteiger partial charge on any atom is -0.397 e. The van der Waals surface area contributed by atoms with Crippen molar-refractivity contribution >= 4 is 48.9 Å². The molecule has 0 saturated heterocycles. The van der Waals surface area contributed by atoms with Crippen molar-refractivity contribution in [3.8, 4) is 11.3 Å². The van der Waals surface area contributed by atoms with Crippen LogP contribution in [0.2, 0.25) is 0 Å². The number of anilines is 2. The Balaban J connectivity index is 1.43. The number of aryl methyl sites for hydroxylation is 1. The molecule has 0 spiro atoms. The lowest BCUT2D eigenvalue weighted by molar-refractivity contribution is 0.104. The van der Waals surface area contributed by atoms with Crippen molar-refractivity contribution in [1.82, 2.24) is 10.1 Å². The first kappa shape index (κ1) is 21.8. The average molecular weight is 491 g/mol. The van der Waals surface area contributed by atoms with Crippen LogP contribution in [0.3, 0.4) is 0 Å². The average Bonchev–Trinajstić information content (AvgIpc) is 3.40. The van der Waals surface area contributed by atoms with E-state index in [0.29, 0.717) is 32.1 Å². The number of pyridine rings is 1. The normalized spacial score (nSPS) is 11.6. The molecule has 0 aliphatic heterocycles. The van der Waals surface area contributed by atoms with Crippen molar-refractivity contribution in [3.05, 3.63) is 89.0 Å². The number of carbonyl (C=O) groups excluding carboxylic acids is 1. The minimum atomic E-state index is -3.88. The third-order valence-corrected chi connectivity index (χ3v) is 7.65. The highest BCUT2D eigenvalue weighted by molar-refractivity contribution is 7.92. The number of fused-ring (bicyclic) bond motifs is 1. The van der Waals surface area contributed by atoms with E-state index in [1.807, 2.05) is 42.5 Å². The summed E-state index contributed by atoms with van der Waals surface area (Å²) in [7, 11) is -3.88. The van der Waals surface area contributed by atoms with Crippen LogP contribution in [0.15, 0.2) is 82.2 Å². The Hall–Kier alpha value is -4.02. The molecule has 0 unspecified atom stereocenters. The number of rotatable bonds is 6. The van der Waals surface area contributed by atoms with E-state index in [4.69, 9.17) is 10.3 Å². The van der Waals surface area contributed by atoms with Gasteiger partial charge in [-0.25, -0.2) is 13.4 Å². The predicted octanol–water partition coefficient (Wildman–Crippen LogP) is 4.87. The first-order valence-electron chi connectivity index (χ1n) is 10.2. The first-order chi connectivity index (χ1) is 16.3. The molecule has 0 aliphatic carbocycles. The monoisotopic (exact) mass is 490 g/mol. The largest absolute Gasteiger partial charge is 0.397 e. The summed E-state index contributed by atoms with van der Waals surface area (Å²) in [6.45, 7) is 1.66. The highest BCUT2D eigenvalue weighted by Crippen LogP contribution is 2.35. The van der Waals surface area contributed by atoms with Crippen molar-refractivity contribution in [2.75, 3.05) is 10.5 Å². The summed E-state index contributed by atoms with van der Waals surface area (Å²) in [5.74, 6) is 0.258. The summed E-state index contributed by atoms with van der Waals surface area (Å²) in [4.78, 5) is 18.8. The molecule has 3 aromatic heterocycles. The molecule has 0 saturated carbocycles. The fourth-order valence-electron chi connectivity index (χ4n) is 3.46. The topological polar surface area (TPSA) is 128 Å². The summed E-state index contributed by atoms with van der Waals surface area (Å²) in [6, 6.07) is 20.6. The Morgan fingerprint density at radius 2 is 1.76 bits per heavy atom. The number of ketones is 1. The molecule has 5 aromatic rings. The Kier molecular flexibility index (Phi) is 5.39. The molecule has 0 radical (unpaired) electrons. The SMILES string of the molecule is Cc1cc(NS(=O)(=O)c2ccc(C(=O)c3sc4nc(-c5ccccc5)ccc4c3N)cc2)no1. The smallest absolute Gasteiger partial charge is 0.263 e. The molecule has 2 aromatic carbocycles. The first-order valence-corrected chi connectivity index (χ1v) is 12.5. The lowest BCUT2D eigenvalue weighted by atomic mass is 10.1. The predicted molar refractivity (Wildman–Crippen MR) is 131 cm³/mol. The highest BCUT2D eigenvalue weighted by atomic mass is 32.2. The number of nitrogens with zero attached hydrogens (tertiary/aromatic N) is 2. The Bertz CT molecular complexity index is 1620. The number of nitrogens with one attached hydrogen (secondary N) is 1. The Morgan fingerprint density at radius 3 is 2.44 bits per heavy atom. The van der Waals surface area contributed by atoms with Gasteiger partial charge in [-0.1, -0.05) is 35.5 Å². The number of hydrogen-bond acceptors (Lipinski definition) is 8. The zero-order valence-corrected chi connectivity index (χ0v) is 19.5. The summed E-state index contributed by atoms with van der Waals surface area (Å²) in [5.41, 5.74) is 8.71. The zero-order valence-electron chi connectivity index (χ0n) is 17.8. The van der Waals surface area contributed by atoms with Gasteiger partial charge in [0.05, 0.1) is 16.3 Å². The van der Waals surface area contributed by atoms with Crippen LogP contribution in [0, 0.1) is 6.92 Å². The van der Waals surface area contributed by atoms with E-state index in [1.165, 1.54) is 41.7 Å². The lowest BCUT2D eigenvalue weighted by Gasteiger charge is -2.06. The highest BCUT2D eigenvalue weighted by Gasteiger charge is 2.21. The van der Waals surface area contributed by atoms with E-state index in [0.717, 1.165) is 11.3 Å². The van der Waals surface area contributed by atoms with E-state index in [9.17, 15) is 13.2 Å². The van der Waals surface area contributed by atoms with Crippen LogP contribution in [-0.2, 0) is 10.0 Å². The van der Waals surface area contributed by atoms with Gasteiger partial charge in [0.15, 0.2) is 5.82 Å². The minimum absolute atomic E-state index is 0.0109. The van der Waals surface area contributed by atoms with Crippen molar-refractivity contribution in [2.45, 2.75) is 11.8 Å². The molecular formula is C24H18N4O4S2. The second-order valence-corrected chi connectivity index (χ2v) is 10.2. The summed E-state index contributed by atoms with van der Waals surface area (Å²) >= 11 is 1.21. The van der Waals surface area contributed by atoms with E-state index in [2.05, 4.69) is 14.9 Å². The van der Waals surface area contributed by atoms with Gasteiger partial charge in [0, 0.05) is 22.6 Å². The molecule has 34 heavy (non-hydrogen) atoms. The van der Waals surface area contributed by atoms with E-state index >= 15 is 0 Å². The maximum absolute atomic E-state index is 13.2. The van der Waals surface area contributed by atoms with Crippen LogP contribution < -0.4 is 10.5 Å². The molecule has 0 bridgehead atoms. The standard InChI is InChI=1S/C24H18N4O4S2/c1-14-13-20(27-32-14)28-34(30,31)17-9-7-16(8-10-17)22(29)23-21(25)18-11-12-19(26-24(18)33-23)15-5-3-2-4-6-15/h2-13H,25H2,1H3,(H,27,28). The third-order valence-electron chi connectivity index (χ3n) is 5.16.